The SMILES string of the molecule is CC(C)(CCNCC(=O)N1CCCC1)CCC(=O)O. The molecular formula is C14H26N2O3. The summed E-state index contributed by atoms with van der Waals surface area (Å²) in [6.45, 7) is 7.08. The number of likely N-dealkylation sites (tertiary alicyclic amines) is 1. The van der Waals surface area contributed by atoms with Gasteiger partial charge in [0.1, 0.15) is 0 Å². The lowest BCUT2D eigenvalue weighted by molar-refractivity contribution is -0.137. The van der Waals surface area contributed by atoms with Crippen LogP contribution in [-0.2, 0) is 9.59 Å². The second kappa shape index (κ2) is 7.48. The summed E-state index contributed by atoms with van der Waals surface area (Å²) in [6, 6.07) is 0. The highest BCUT2D eigenvalue weighted by atomic mass is 16.4. The van der Waals surface area contributed by atoms with Crippen LogP contribution in [0.4, 0.5) is 0 Å². The van der Waals surface area contributed by atoms with Gasteiger partial charge in [-0.3, -0.25) is 9.59 Å². The molecule has 2 N–H and O–H groups in total. The lowest BCUT2D eigenvalue weighted by Crippen LogP contribution is -2.37. The number of carboxylic acid groups (broad SMARTS) is 1. The Bertz CT molecular complexity index is 310. The van der Waals surface area contributed by atoms with E-state index in [9.17, 15) is 9.59 Å². The van der Waals surface area contributed by atoms with E-state index in [1.165, 1.54) is 0 Å². The van der Waals surface area contributed by atoms with Crippen molar-refractivity contribution in [2.75, 3.05) is 26.2 Å². The molecule has 0 radical (unpaired) electrons. The maximum atomic E-state index is 11.8. The van der Waals surface area contributed by atoms with E-state index >= 15 is 0 Å². The fourth-order valence-electron chi connectivity index (χ4n) is 2.27. The molecule has 1 rings (SSSR count). The zero-order valence-corrected chi connectivity index (χ0v) is 12.1. The van der Waals surface area contributed by atoms with E-state index in [0.717, 1.165) is 38.9 Å². The maximum Gasteiger partial charge on any atom is 0.303 e. The molecule has 1 heterocycles. The van der Waals surface area contributed by atoms with E-state index in [2.05, 4.69) is 19.2 Å². The molecule has 110 valence electrons. The van der Waals surface area contributed by atoms with Gasteiger partial charge in [0.05, 0.1) is 6.54 Å². The number of carbonyl (C=O) groups is 2. The van der Waals surface area contributed by atoms with Gasteiger partial charge < -0.3 is 15.3 Å². The number of rotatable bonds is 8. The Labute approximate surface area is 115 Å². The molecule has 0 bridgehead atoms. The number of amides is 1. The maximum absolute atomic E-state index is 11.8. The summed E-state index contributed by atoms with van der Waals surface area (Å²) in [6.07, 6.45) is 4.00. The summed E-state index contributed by atoms with van der Waals surface area (Å²) in [4.78, 5) is 24.2. The van der Waals surface area contributed by atoms with Crippen LogP contribution in [0.5, 0.6) is 0 Å². The first-order valence-electron chi connectivity index (χ1n) is 7.11. The Morgan fingerprint density at radius 3 is 2.42 bits per heavy atom. The highest BCUT2D eigenvalue weighted by Gasteiger charge is 2.20. The van der Waals surface area contributed by atoms with Gasteiger partial charge in [0, 0.05) is 19.5 Å². The van der Waals surface area contributed by atoms with Crippen molar-refractivity contribution in [3.8, 4) is 0 Å². The molecule has 1 fully saturated rings. The van der Waals surface area contributed by atoms with Crippen molar-refractivity contribution in [1.82, 2.24) is 10.2 Å². The fourth-order valence-corrected chi connectivity index (χ4v) is 2.27. The third-order valence-electron chi connectivity index (χ3n) is 3.73. The molecule has 1 amide bonds. The molecule has 0 atom stereocenters. The summed E-state index contributed by atoms with van der Waals surface area (Å²) in [5.74, 6) is -0.564. The molecule has 0 aromatic rings. The van der Waals surface area contributed by atoms with Crippen molar-refractivity contribution in [3.63, 3.8) is 0 Å². The Hall–Kier alpha value is -1.10. The summed E-state index contributed by atoms with van der Waals surface area (Å²) in [7, 11) is 0. The van der Waals surface area contributed by atoms with Crippen molar-refractivity contribution in [1.29, 1.82) is 0 Å². The lowest BCUT2D eigenvalue weighted by Gasteiger charge is -2.24. The molecule has 1 aliphatic rings. The first-order valence-corrected chi connectivity index (χ1v) is 7.11. The van der Waals surface area contributed by atoms with Crippen molar-refractivity contribution in [2.45, 2.75) is 46.0 Å². The van der Waals surface area contributed by atoms with Gasteiger partial charge in [0.15, 0.2) is 0 Å². The molecule has 5 nitrogen and oxygen atoms in total. The number of carbonyl (C=O) groups excluding carboxylic acids is 1. The topological polar surface area (TPSA) is 69.6 Å². The summed E-state index contributed by atoms with van der Waals surface area (Å²) in [5.41, 5.74) is 0.00207. The van der Waals surface area contributed by atoms with Crippen molar-refractivity contribution >= 4 is 11.9 Å². The van der Waals surface area contributed by atoms with Crippen LogP contribution in [0.25, 0.3) is 0 Å². The van der Waals surface area contributed by atoms with E-state index in [4.69, 9.17) is 5.11 Å². The van der Waals surface area contributed by atoms with Crippen LogP contribution < -0.4 is 5.32 Å². The number of hydrogen-bond acceptors (Lipinski definition) is 3. The molecular weight excluding hydrogens is 244 g/mol. The van der Waals surface area contributed by atoms with E-state index in [1.807, 2.05) is 4.90 Å². The summed E-state index contributed by atoms with van der Waals surface area (Å²) >= 11 is 0. The third kappa shape index (κ3) is 6.57. The van der Waals surface area contributed by atoms with Gasteiger partial charge in [-0.1, -0.05) is 13.8 Å². The molecule has 0 saturated carbocycles. The molecule has 1 saturated heterocycles. The minimum Gasteiger partial charge on any atom is -0.481 e. The Morgan fingerprint density at radius 1 is 1.21 bits per heavy atom. The van der Waals surface area contributed by atoms with E-state index in [1.54, 1.807) is 0 Å². The predicted octanol–water partition coefficient (Wildman–Crippen LogP) is 1.48. The number of nitrogens with zero attached hydrogens (tertiary/aromatic N) is 1. The number of aliphatic carboxylic acids is 1. The van der Waals surface area contributed by atoms with Crippen LogP contribution in [0.15, 0.2) is 0 Å². The van der Waals surface area contributed by atoms with Gasteiger partial charge in [-0.15, -0.1) is 0 Å². The lowest BCUT2D eigenvalue weighted by atomic mass is 9.84. The second-order valence-electron chi connectivity index (χ2n) is 6.07. The minimum absolute atomic E-state index is 0.00207. The van der Waals surface area contributed by atoms with Crippen molar-refractivity contribution in [3.05, 3.63) is 0 Å². The third-order valence-corrected chi connectivity index (χ3v) is 3.73. The molecule has 0 aliphatic carbocycles. The van der Waals surface area contributed by atoms with Crippen LogP contribution in [0.2, 0.25) is 0 Å². The average molecular weight is 270 g/mol. The Balaban J connectivity index is 2.11. The van der Waals surface area contributed by atoms with Crippen LogP contribution in [0.3, 0.4) is 0 Å². The van der Waals surface area contributed by atoms with Crippen molar-refractivity contribution < 1.29 is 14.7 Å². The smallest absolute Gasteiger partial charge is 0.303 e. The number of carboxylic acids is 1. The zero-order valence-electron chi connectivity index (χ0n) is 12.1. The summed E-state index contributed by atoms with van der Waals surface area (Å²) < 4.78 is 0. The molecule has 1 aliphatic heterocycles. The van der Waals surface area contributed by atoms with Crippen molar-refractivity contribution in [2.24, 2.45) is 5.41 Å². The zero-order chi connectivity index (χ0) is 14.3. The molecule has 0 unspecified atom stereocenters. The van der Waals surface area contributed by atoms with Crippen LogP contribution in [0, 0.1) is 5.41 Å². The monoisotopic (exact) mass is 270 g/mol. The van der Waals surface area contributed by atoms with Gasteiger partial charge in [-0.25, -0.2) is 0 Å². The highest BCUT2D eigenvalue weighted by molar-refractivity contribution is 5.78. The predicted molar refractivity (Wildman–Crippen MR) is 74.0 cm³/mol. The first kappa shape index (κ1) is 16.0. The van der Waals surface area contributed by atoms with Gasteiger partial charge in [-0.2, -0.15) is 0 Å². The normalized spacial score (nSPS) is 15.8. The quantitative estimate of drug-likeness (QED) is 0.655. The molecule has 0 aromatic heterocycles. The standard InChI is InChI=1S/C14H26N2O3/c1-14(2,6-5-13(18)19)7-8-15-11-12(17)16-9-3-4-10-16/h15H,3-11H2,1-2H3,(H,18,19). The van der Waals surface area contributed by atoms with E-state index < -0.39 is 5.97 Å². The van der Waals surface area contributed by atoms with Crippen LogP contribution in [0.1, 0.15) is 46.0 Å². The average Bonchev–Trinajstić information content (AvgIpc) is 2.86. The van der Waals surface area contributed by atoms with Crippen LogP contribution in [-0.4, -0.2) is 48.1 Å². The van der Waals surface area contributed by atoms with Gasteiger partial charge in [0.2, 0.25) is 5.91 Å². The summed E-state index contributed by atoms with van der Waals surface area (Å²) in [5, 5.41) is 11.8. The molecule has 0 aromatic carbocycles. The molecule has 19 heavy (non-hydrogen) atoms. The van der Waals surface area contributed by atoms with Gasteiger partial charge in [-0.05, 0) is 37.6 Å². The first-order chi connectivity index (χ1) is 8.91. The Kier molecular flexibility index (Phi) is 6.28. The molecule has 5 heteroatoms. The van der Waals surface area contributed by atoms with E-state index in [0.29, 0.717) is 13.0 Å². The fraction of sp³-hybridized carbons (Fsp3) is 0.857. The minimum atomic E-state index is -0.745. The highest BCUT2D eigenvalue weighted by Crippen LogP contribution is 2.25. The van der Waals surface area contributed by atoms with E-state index in [-0.39, 0.29) is 17.7 Å². The largest absolute Gasteiger partial charge is 0.481 e. The van der Waals surface area contributed by atoms with Gasteiger partial charge in [0.25, 0.3) is 0 Å². The number of nitrogens with one attached hydrogen (secondary N) is 1. The molecule has 0 spiro atoms. The van der Waals surface area contributed by atoms with Gasteiger partial charge >= 0.3 is 5.97 Å². The number of hydrogen-bond donors (Lipinski definition) is 2. The Morgan fingerprint density at radius 2 is 1.84 bits per heavy atom. The second-order valence-corrected chi connectivity index (χ2v) is 6.07. The van der Waals surface area contributed by atoms with Crippen LogP contribution >= 0.6 is 0 Å².